The van der Waals surface area contributed by atoms with Crippen molar-refractivity contribution in [3.63, 3.8) is 0 Å². The van der Waals surface area contributed by atoms with Crippen LogP contribution in [0.5, 0.6) is 0 Å². The maximum atomic E-state index is 5.78. The van der Waals surface area contributed by atoms with Gasteiger partial charge >= 0.3 is 0 Å². The van der Waals surface area contributed by atoms with E-state index in [2.05, 4.69) is 27.2 Å². The van der Waals surface area contributed by atoms with Crippen LogP contribution >= 0.6 is 0 Å². The van der Waals surface area contributed by atoms with E-state index in [4.69, 9.17) is 7.85 Å². The number of hydrogen-bond acceptors (Lipinski definition) is 0. The zero-order valence-electron chi connectivity index (χ0n) is 7.51. The van der Waals surface area contributed by atoms with Gasteiger partial charge in [0.1, 0.15) is 0 Å². The molecule has 0 heterocycles. The van der Waals surface area contributed by atoms with Crippen molar-refractivity contribution < 1.29 is 32.7 Å². The third-order valence-corrected chi connectivity index (χ3v) is 2.85. The summed E-state index contributed by atoms with van der Waals surface area (Å²) in [5.74, 6) is 0.875. The van der Waals surface area contributed by atoms with E-state index in [0.717, 1.165) is 12.8 Å². The first kappa shape index (κ1) is 12.2. The largest absolute Gasteiger partial charge is 0.340 e. The third-order valence-electron chi connectivity index (χ3n) is 2.85. The molecule has 0 aromatic heterocycles. The van der Waals surface area contributed by atoms with Crippen molar-refractivity contribution in [3.8, 4) is 0 Å². The minimum absolute atomic E-state index is 0. The van der Waals surface area contributed by atoms with E-state index in [-0.39, 0.29) is 43.9 Å². The van der Waals surface area contributed by atoms with Gasteiger partial charge < -0.3 is 13.3 Å². The van der Waals surface area contributed by atoms with Crippen molar-refractivity contribution in [1.29, 1.82) is 0 Å². The molecule has 0 spiro atoms. The Labute approximate surface area is 97.2 Å². The van der Waals surface area contributed by atoms with Gasteiger partial charge in [-0.25, -0.2) is 5.82 Å². The van der Waals surface area contributed by atoms with Crippen molar-refractivity contribution in [3.05, 3.63) is 13.3 Å². The van der Waals surface area contributed by atoms with Gasteiger partial charge in [0.15, 0.2) is 0 Å². The quantitative estimate of drug-likeness (QED) is 0.473. The van der Waals surface area contributed by atoms with E-state index >= 15 is 0 Å². The molecule has 1 aliphatic carbocycles. The van der Waals surface area contributed by atoms with Gasteiger partial charge in [0.25, 0.3) is 0 Å². The molecule has 3 atom stereocenters. The Bertz CT molecular complexity index is 127. The molecule has 0 N–H and O–H groups in total. The van der Waals surface area contributed by atoms with Gasteiger partial charge in [-0.1, -0.05) is 20.3 Å². The van der Waals surface area contributed by atoms with Gasteiger partial charge in [-0.15, -0.1) is 6.42 Å². The number of rotatable bonds is 1. The molecule has 1 rings (SSSR count). The van der Waals surface area contributed by atoms with Crippen LogP contribution in [0.4, 0.5) is 0 Å². The van der Waals surface area contributed by atoms with Crippen LogP contribution in [0.2, 0.25) is 5.82 Å². The van der Waals surface area contributed by atoms with Crippen LogP contribution in [-0.2, 0) is 32.7 Å². The molecule has 11 heavy (non-hydrogen) atoms. The Morgan fingerprint density at radius 2 is 2.27 bits per heavy atom. The minimum atomic E-state index is 0. The second-order valence-electron chi connectivity index (χ2n) is 3.57. The van der Waals surface area contributed by atoms with Crippen molar-refractivity contribution >= 4 is 7.85 Å². The Kier molecular flexibility index (Phi) is 4.89. The first-order valence-corrected chi connectivity index (χ1v) is 4.04. The van der Waals surface area contributed by atoms with Gasteiger partial charge in [-0.3, -0.25) is 0 Å². The zero-order valence-corrected chi connectivity index (χ0v) is 10.3. The smallest absolute Gasteiger partial charge is 0.0313 e. The summed E-state index contributed by atoms with van der Waals surface area (Å²) in [5, 5.41) is 0. The van der Waals surface area contributed by atoms with Crippen LogP contribution in [0, 0.1) is 24.7 Å². The molecule has 1 saturated carbocycles. The molecule has 0 nitrogen and oxygen atoms in total. The average Bonchev–Trinajstić information content (AvgIpc) is 2.09. The molecular weight excluding hydrogens is 208 g/mol. The summed E-state index contributed by atoms with van der Waals surface area (Å²) >= 11 is 0. The van der Waals surface area contributed by atoms with Gasteiger partial charge in [-0.2, -0.15) is 11.3 Å². The molecule has 59 valence electrons. The van der Waals surface area contributed by atoms with Crippen molar-refractivity contribution in [1.82, 2.24) is 0 Å². The second-order valence-corrected chi connectivity index (χ2v) is 3.57. The van der Waals surface area contributed by atoms with E-state index in [0.29, 0.717) is 5.92 Å². The molecule has 2 heteroatoms. The van der Waals surface area contributed by atoms with Gasteiger partial charge in [-0.05, 0) is 0 Å². The first-order chi connectivity index (χ1) is 4.58. The van der Waals surface area contributed by atoms with Crippen molar-refractivity contribution in [2.75, 3.05) is 0 Å². The number of hydrogen-bond donors (Lipinski definition) is 0. The fourth-order valence-corrected chi connectivity index (χ4v) is 1.76. The SMILES string of the molecule is [B][C@H]1[CH-][C@H](C)[C@@]([CH2-])(CC)C1.[Y]. The normalized spacial score (nSPS) is 43.5. The van der Waals surface area contributed by atoms with E-state index < -0.39 is 0 Å². The predicted octanol–water partition coefficient (Wildman–Crippen LogP) is 2.42. The van der Waals surface area contributed by atoms with Gasteiger partial charge in [0, 0.05) is 40.6 Å². The monoisotopic (exact) mass is 223 g/mol. The Morgan fingerprint density at radius 3 is 2.45 bits per heavy atom. The predicted molar refractivity (Wildman–Crippen MR) is 45.7 cm³/mol. The van der Waals surface area contributed by atoms with E-state index in [1.165, 1.54) is 0 Å². The molecule has 0 aromatic carbocycles. The molecule has 0 aromatic rings. The fraction of sp³-hybridized carbons (Fsp3) is 0.778. The summed E-state index contributed by atoms with van der Waals surface area (Å²) < 4.78 is 0. The summed E-state index contributed by atoms with van der Waals surface area (Å²) in [7, 11) is 5.78. The van der Waals surface area contributed by atoms with Crippen LogP contribution in [0.25, 0.3) is 0 Å². The minimum Gasteiger partial charge on any atom is -0.340 e. The van der Waals surface area contributed by atoms with Crippen LogP contribution in [0.1, 0.15) is 26.7 Å². The Hall–Kier alpha value is 1.17. The fourth-order valence-electron chi connectivity index (χ4n) is 1.76. The summed E-state index contributed by atoms with van der Waals surface area (Å²) in [6.07, 6.45) is 4.42. The Morgan fingerprint density at radius 1 is 1.73 bits per heavy atom. The van der Waals surface area contributed by atoms with Gasteiger partial charge in [0.05, 0.1) is 0 Å². The van der Waals surface area contributed by atoms with Crippen molar-refractivity contribution in [2.45, 2.75) is 32.5 Å². The molecule has 1 fully saturated rings. The summed E-state index contributed by atoms with van der Waals surface area (Å²) in [6.45, 7) is 8.61. The van der Waals surface area contributed by atoms with Crippen LogP contribution in [0.15, 0.2) is 0 Å². The van der Waals surface area contributed by atoms with E-state index in [1.807, 2.05) is 0 Å². The zero-order chi connectivity index (χ0) is 7.78. The molecule has 3 radical (unpaired) electrons. The third kappa shape index (κ3) is 2.56. The molecule has 0 bridgehead atoms. The first-order valence-electron chi connectivity index (χ1n) is 4.04. The standard InChI is InChI=1S/C9H15B.Y/c1-4-9(3)6-8(10)5-7(9)2;/h5,7-8H,3-4,6H2,1-2H3;/q-2;/t7-,8-,9-;/m0./s1. The molecular formula is C9H15BY-2. The van der Waals surface area contributed by atoms with Crippen molar-refractivity contribution in [2.24, 2.45) is 11.3 Å². The van der Waals surface area contributed by atoms with Gasteiger partial charge in [0.2, 0.25) is 0 Å². The Balaban J connectivity index is 0.000001000. The summed E-state index contributed by atoms with van der Waals surface area (Å²) in [4.78, 5) is 0. The average molecular weight is 223 g/mol. The van der Waals surface area contributed by atoms with Crippen LogP contribution in [0.3, 0.4) is 0 Å². The molecule has 0 saturated heterocycles. The summed E-state index contributed by atoms with van der Waals surface area (Å²) in [5.41, 5.74) is 0.236. The van der Waals surface area contributed by atoms with Crippen LogP contribution < -0.4 is 0 Å². The topological polar surface area (TPSA) is 0 Å². The maximum absolute atomic E-state index is 5.78. The second kappa shape index (κ2) is 4.42. The van der Waals surface area contributed by atoms with Crippen LogP contribution in [-0.4, -0.2) is 7.85 Å². The molecule has 1 aliphatic rings. The van der Waals surface area contributed by atoms with E-state index in [9.17, 15) is 0 Å². The summed E-state index contributed by atoms with van der Waals surface area (Å²) in [6, 6.07) is 0. The molecule has 0 aliphatic heterocycles. The van der Waals surface area contributed by atoms with E-state index in [1.54, 1.807) is 0 Å². The molecule has 0 amide bonds. The maximum Gasteiger partial charge on any atom is 0.0313 e. The molecule has 0 unspecified atom stereocenters.